The van der Waals surface area contributed by atoms with Gasteiger partial charge in [0, 0.05) is 0 Å². The van der Waals surface area contributed by atoms with Crippen LogP contribution in [0.2, 0.25) is 0 Å². The third-order valence-corrected chi connectivity index (χ3v) is 5.42. The molecule has 0 saturated heterocycles. The molecule has 4 atom stereocenters. The molecular formula is C9H14Cl2. The van der Waals surface area contributed by atoms with E-state index in [1.165, 1.54) is 19.3 Å². The highest BCUT2D eigenvalue weighted by Crippen LogP contribution is 2.62. The summed E-state index contributed by atoms with van der Waals surface area (Å²) >= 11 is 12.8. The molecule has 0 nitrogen and oxygen atoms in total. The summed E-state index contributed by atoms with van der Waals surface area (Å²) in [6, 6.07) is 0. The number of rotatable bonds is 0. The molecule has 0 N–H and O–H groups in total. The molecule has 64 valence electrons. The molecule has 2 bridgehead atoms. The van der Waals surface area contributed by atoms with Crippen molar-refractivity contribution in [3.63, 3.8) is 0 Å². The van der Waals surface area contributed by atoms with Crippen molar-refractivity contribution in [1.82, 2.24) is 0 Å². The maximum Gasteiger partial charge on any atom is 0.0638 e. The van der Waals surface area contributed by atoms with Crippen LogP contribution in [0.15, 0.2) is 0 Å². The smallest absolute Gasteiger partial charge is 0.0638 e. The summed E-state index contributed by atoms with van der Waals surface area (Å²) < 4.78 is 0. The summed E-state index contributed by atoms with van der Waals surface area (Å²) in [5.41, 5.74) is 0. The molecule has 0 amide bonds. The van der Waals surface area contributed by atoms with Gasteiger partial charge in [-0.25, -0.2) is 0 Å². The lowest BCUT2D eigenvalue weighted by Crippen LogP contribution is -2.45. The fraction of sp³-hybridized carbons (Fsp3) is 1.00. The first kappa shape index (κ1) is 8.19. The second-order valence-electron chi connectivity index (χ2n) is 4.36. The van der Waals surface area contributed by atoms with Crippen LogP contribution in [0.5, 0.6) is 0 Å². The lowest BCUT2D eigenvalue weighted by atomic mass is 9.80. The Hall–Kier alpha value is 0.580. The van der Waals surface area contributed by atoms with E-state index in [1.54, 1.807) is 0 Å². The van der Waals surface area contributed by atoms with Crippen LogP contribution in [0.4, 0.5) is 0 Å². The van der Waals surface area contributed by atoms with Gasteiger partial charge in [0.25, 0.3) is 0 Å². The standard InChI is InChI=1S/C9H14Cl2/c1-8(10)6-3-4-7(5-6)9(8,2)11/h6-7H,3-5H2,1-2H3/t6-,7+,8+,9-. The fourth-order valence-corrected chi connectivity index (χ4v) is 3.47. The second-order valence-corrected chi connectivity index (χ2v) is 5.93. The van der Waals surface area contributed by atoms with E-state index < -0.39 is 0 Å². The molecule has 0 aliphatic heterocycles. The van der Waals surface area contributed by atoms with Gasteiger partial charge in [0.2, 0.25) is 0 Å². The Morgan fingerprint density at radius 2 is 1.36 bits per heavy atom. The van der Waals surface area contributed by atoms with E-state index >= 15 is 0 Å². The molecule has 11 heavy (non-hydrogen) atoms. The maximum absolute atomic E-state index is 6.42. The summed E-state index contributed by atoms with van der Waals surface area (Å²) in [6.45, 7) is 4.21. The number of fused-ring (bicyclic) bond motifs is 2. The molecule has 0 unspecified atom stereocenters. The number of alkyl halides is 2. The van der Waals surface area contributed by atoms with Crippen LogP contribution in [-0.2, 0) is 0 Å². The molecular weight excluding hydrogens is 179 g/mol. The van der Waals surface area contributed by atoms with Crippen molar-refractivity contribution in [3.8, 4) is 0 Å². The Morgan fingerprint density at radius 1 is 1.00 bits per heavy atom. The van der Waals surface area contributed by atoms with E-state index in [2.05, 4.69) is 13.8 Å². The zero-order chi connectivity index (χ0) is 8.28. The van der Waals surface area contributed by atoms with Gasteiger partial charge in [0.1, 0.15) is 0 Å². The van der Waals surface area contributed by atoms with E-state index in [0.29, 0.717) is 11.8 Å². The lowest BCUT2D eigenvalue weighted by Gasteiger charge is -2.40. The first-order chi connectivity index (χ1) is 4.96. The van der Waals surface area contributed by atoms with Crippen LogP contribution in [-0.4, -0.2) is 9.75 Å². The Kier molecular flexibility index (Phi) is 1.55. The van der Waals surface area contributed by atoms with Gasteiger partial charge in [0.05, 0.1) is 9.75 Å². The van der Waals surface area contributed by atoms with Crippen LogP contribution in [0, 0.1) is 11.8 Å². The largest absolute Gasteiger partial charge is 0.117 e. The molecule has 2 rings (SSSR count). The molecule has 2 fully saturated rings. The third kappa shape index (κ3) is 0.833. The SMILES string of the molecule is C[C@]1(Cl)[C@@H]2CC[C@@H](C2)[C@@]1(C)Cl. The summed E-state index contributed by atoms with van der Waals surface area (Å²) in [5.74, 6) is 1.33. The first-order valence-electron chi connectivity index (χ1n) is 4.34. The van der Waals surface area contributed by atoms with E-state index in [9.17, 15) is 0 Å². The average Bonchev–Trinajstić information content (AvgIpc) is 2.37. The van der Waals surface area contributed by atoms with E-state index in [4.69, 9.17) is 23.2 Å². The molecule has 2 aliphatic rings. The van der Waals surface area contributed by atoms with Crippen LogP contribution in [0.1, 0.15) is 33.1 Å². The average molecular weight is 193 g/mol. The third-order valence-electron chi connectivity index (χ3n) is 3.92. The molecule has 2 heteroatoms. The molecule has 0 radical (unpaired) electrons. The van der Waals surface area contributed by atoms with Crippen LogP contribution in [0.3, 0.4) is 0 Å². The quantitative estimate of drug-likeness (QED) is 0.517. The van der Waals surface area contributed by atoms with Crippen molar-refractivity contribution >= 4 is 23.2 Å². The van der Waals surface area contributed by atoms with Gasteiger partial charge in [0.15, 0.2) is 0 Å². The van der Waals surface area contributed by atoms with Gasteiger partial charge in [-0.1, -0.05) is 0 Å². The predicted octanol–water partition coefficient (Wildman–Crippen LogP) is 3.41. The zero-order valence-electron chi connectivity index (χ0n) is 7.03. The van der Waals surface area contributed by atoms with Crippen molar-refractivity contribution in [2.75, 3.05) is 0 Å². The molecule has 2 aliphatic carbocycles. The highest BCUT2D eigenvalue weighted by atomic mass is 35.5. The van der Waals surface area contributed by atoms with Crippen molar-refractivity contribution in [3.05, 3.63) is 0 Å². The Bertz CT molecular complexity index is 164. The van der Waals surface area contributed by atoms with Crippen LogP contribution >= 0.6 is 23.2 Å². The highest BCUT2D eigenvalue weighted by molar-refractivity contribution is 6.35. The van der Waals surface area contributed by atoms with E-state index in [0.717, 1.165) is 0 Å². The van der Waals surface area contributed by atoms with E-state index in [-0.39, 0.29) is 9.75 Å². The molecule has 0 heterocycles. The van der Waals surface area contributed by atoms with Gasteiger partial charge in [-0.2, -0.15) is 0 Å². The van der Waals surface area contributed by atoms with Gasteiger partial charge in [-0.3, -0.25) is 0 Å². The summed E-state index contributed by atoms with van der Waals surface area (Å²) in [6.07, 6.45) is 3.82. The van der Waals surface area contributed by atoms with E-state index in [1.807, 2.05) is 0 Å². The minimum atomic E-state index is -0.155. The first-order valence-corrected chi connectivity index (χ1v) is 5.09. The number of halogens is 2. The van der Waals surface area contributed by atoms with Crippen LogP contribution in [0.25, 0.3) is 0 Å². The predicted molar refractivity (Wildman–Crippen MR) is 49.3 cm³/mol. The molecule has 2 saturated carbocycles. The van der Waals surface area contributed by atoms with Gasteiger partial charge in [-0.15, -0.1) is 23.2 Å². The Labute approximate surface area is 78.3 Å². The minimum Gasteiger partial charge on any atom is -0.117 e. The molecule has 0 spiro atoms. The monoisotopic (exact) mass is 192 g/mol. The molecule has 0 aromatic carbocycles. The van der Waals surface area contributed by atoms with Crippen molar-refractivity contribution < 1.29 is 0 Å². The summed E-state index contributed by atoms with van der Waals surface area (Å²) in [5, 5.41) is 0. The summed E-state index contributed by atoms with van der Waals surface area (Å²) in [4.78, 5) is -0.311. The van der Waals surface area contributed by atoms with Gasteiger partial charge < -0.3 is 0 Å². The van der Waals surface area contributed by atoms with Crippen LogP contribution < -0.4 is 0 Å². The normalized spacial score (nSPS) is 62.2. The second kappa shape index (κ2) is 2.09. The fourth-order valence-electron chi connectivity index (χ4n) is 2.76. The van der Waals surface area contributed by atoms with Crippen molar-refractivity contribution in [1.29, 1.82) is 0 Å². The molecule has 0 aromatic heterocycles. The number of hydrogen-bond donors (Lipinski definition) is 0. The lowest BCUT2D eigenvalue weighted by molar-refractivity contribution is 0.314. The maximum atomic E-state index is 6.42. The zero-order valence-corrected chi connectivity index (χ0v) is 8.54. The topological polar surface area (TPSA) is 0 Å². The van der Waals surface area contributed by atoms with Gasteiger partial charge >= 0.3 is 0 Å². The Balaban J connectivity index is 2.36. The van der Waals surface area contributed by atoms with Crippen molar-refractivity contribution in [2.45, 2.75) is 42.9 Å². The number of hydrogen-bond acceptors (Lipinski definition) is 0. The molecule has 0 aromatic rings. The Morgan fingerprint density at radius 3 is 1.55 bits per heavy atom. The van der Waals surface area contributed by atoms with Gasteiger partial charge in [-0.05, 0) is 44.9 Å². The highest BCUT2D eigenvalue weighted by Gasteiger charge is 2.61. The minimum absolute atomic E-state index is 0.155. The van der Waals surface area contributed by atoms with Crippen molar-refractivity contribution in [2.24, 2.45) is 11.8 Å². The summed E-state index contributed by atoms with van der Waals surface area (Å²) in [7, 11) is 0.